The summed E-state index contributed by atoms with van der Waals surface area (Å²) in [5, 5.41) is 10.1. The van der Waals surface area contributed by atoms with Crippen molar-refractivity contribution in [3.8, 4) is 0 Å². The molecule has 6 nitrogen and oxygen atoms in total. The summed E-state index contributed by atoms with van der Waals surface area (Å²) in [6, 6.07) is 7.51. The third-order valence-electron chi connectivity index (χ3n) is 5.97. The maximum Gasteiger partial charge on any atom is 0.258 e. The van der Waals surface area contributed by atoms with Crippen LogP contribution >= 0.6 is 0 Å². The molecule has 1 saturated heterocycles. The summed E-state index contributed by atoms with van der Waals surface area (Å²) in [6.45, 7) is 3.43. The van der Waals surface area contributed by atoms with Gasteiger partial charge in [-0.15, -0.1) is 0 Å². The molecule has 2 fully saturated rings. The molecule has 134 valence electrons. The van der Waals surface area contributed by atoms with Crippen molar-refractivity contribution in [2.75, 3.05) is 13.7 Å². The summed E-state index contributed by atoms with van der Waals surface area (Å²) >= 11 is 0. The van der Waals surface area contributed by atoms with E-state index in [9.17, 15) is 9.90 Å². The van der Waals surface area contributed by atoms with E-state index in [1.807, 2.05) is 25.1 Å². The zero-order valence-electron chi connectivity index (χ0n) is 14.8. The van der Waals surface area contributed by atoms with Crippen LogP contribution in [0.3, 0.4) is 0 Å². The van der Waals surface area contributed by atoms with Crippen LogP contribution < -0.4 is 5.56 Å². The number of aromatic nitrogens is 2. The van der Waals surface area contributed by atoms with Gasteiger partial charge in [0.2, 0.25) is 0 Å². The molecule has 1 N–H and O–H groups in total. The van der Waals surface area contributed by atoms with Gasteiger partial charge in [0.05, 0.1) is 17.4 Å². The Balaban J connectivity index is 1.64. The lowest BCUT2D eigenvalue weighted by Gasteiger charge is -2.42. The van der Waals surface area contributed by atoms with Gasteiger partial charge in [-0.05, 0) is 44.7 Å². The van der Waals surface area contributed by atoms with E-state index < -0.39 is 0 Å². The Bertz CT molecular complexity index is 849. The summed E-state index contributed by atoms with van der Waals surface area (Å²) in [7, 11) is 1.78. The maximum absolute atomic E-state index is 12.5. The van der Waals surface area contributed by atoms with Crippen molar-refractivity contribution in [2.45, 2.75) is 56.9 Å². The molecule has 1 aliphatic heterocycles. The molecular formula is C19H25N3O3. The van der Waals surface area contributed by atoms with Crippen LogP contribution in [0, 0.1) is 6.92 Å². The maximum atomic E-state index is 12.5. The number of aliphatic hydroxyl groups is 1. The van der Waals surface area contributed by atoms with Gasteiger partial charge in [-0.25, -0.2) is 4.98 Å². The van der Waals surface area contributed by atoms with Gasteiger partial charge in [-0.3, -0.25) is 14.1 Å². The lowest BCUT2D eigenvalue weighted by molar-refractivity contribution is -0.0880. The van der Waals surface area contributed by atoms with Crippen molar-refractivity contribution in [1.29, 1.82) is 0 Å². The minimum atomic E-state index is -0.272. The van der Waals surface area contributed by atoms with Gasteiger partial charge in [0, 0.05) is 38.0 Å². The standard InChI is InChI=1S/C19H25N3O3/c1-13-4-3-5-17-20-14(10-18(24)22(13)17)12-21-9-8-19(25-2)7-6-15(23)11-16(19)21/h3-5,10,15-16,23H,6-9,11-12H2,1-2H3/t15-,16-,19+/m0/s1. The van der Waals surface area contributed by atoms with Crippen LogP contribution in [-0.4, -0.2) is 50.8 Å². The molecule has 2 aliphatic rings. The lowest BCUT2D eigenvalue weighted by atomic mass is 9.79. The minimum absolute atomic E-state index is 0.0426. The molecular weight excluding hydrogens is 318 g/mol. The number of hydrogen-bond donors (Lipinski definition) is 1. The number of hydrogen-bond acceptors (Lipinski definition) is 5. The highest BCUT2D eigenvalue weighted by Crippen LogP contribution is 2.42. The van der Waals surface area contributed by atoms with Crippen molar-refractivity contribution in [2.24, 2.45) is 0 Å². The number of rotatable bonds is 3. The Kier molecular flexibility index (Phi) is 4.14. The van der Waals surface area contributed by atoms with Gasteiger partial charge in [0.15, 0.2) is 0 Å². The average molecular weight is 343 g/mol. The molecule has 2 aromatic heterocycles. The second kappa shape index (κ2) is 6.20. The van der Waals surface area contributed by atoms with Crippen LogP contribution in [0.4, 0.5) is 0 Å². The van der Waals surface area contributed by atoms with E-state index >= 15 is 0 Å². The molecule has 3 atom stereocenters. The minimum Gasteiger partial charge on any atom is -0.393 e. The SMILES string of the molecule is CO[C@@]12CC[C@H](O)C[C@@H]1N(Cc1cc(=O)n3c(C)cccc3n1)CC2. The van der Waals surface area contributed by atoms with Gasteiger partial charge in [0.25, 0.3) is 5.56 Å². The predicted molar refractivity (Wildman–Crippen MR) is 94.6 cm³/mol. The summed E-state index contributed by atoms with van der Waals surface area (Å²) < 4.78 is 7.53. The molecule has 6 heteroatoms. The first kappa shape index (κ1) is 16.7. The second-order valence-electron chi connectivity index (χ2n) is 7.38. The molecule has 25 heavy (non-hydrogen) atoms. The largest absolute Gasteiger partial charge is 0.393 e. The molecule has 0 spiro atoms. The Morgan fingerprint density at radius 1 is 1.40 bits per heavy atom. The fourth-order valence-corrected chi connectivity index (χ4v) is 4.61. The highest BCUT2D eigenvalue weighted by molar-refractivity contribution is 5.40. The number of ether oxygens (including phenoxy) is 1. The Hall–Kier alpha value is -1.76. The smallest absolute Gasteiger partial charge is 0.258 e. The van der Waals surface area contributed by atoms with Gasteiger partial charge in [0.1, 0.15) is 5.65 Å². The lowest BCUT2D eigenvalue weighted by Crippen LogP contribution is -2.51. The Labute approximate surface area is 147 Å². The number of aliphatic hydroxyl groups excluding tert-OH is 1. The van der Waals surface area contributed by atoms with Crippen LogP contribution in [0.2, 0.25) is 0 Å². The van der Waals surface area contributed by atoms with Gasteiger partial charge >= 0.3 is 0 Å². The number of likely N-dealkylation sites (tertiary alicyclic amines) is 1. The highest BCUT2D eigenvalue weighted by Gasteiger charge is 2.50. The molecule has 0 bridgehead atoms. The molecule has 1 aliphatic carbocycles. The predicted octanol–water partition coefficient (Wildman–Crippen LogP) is 1.51. The van der Waals surface area contributed by atoms with Crippen molar-refractivity contribution in [3.05, 3.63) is 46.0 Å². The molecule has 4 rings (SSSR count). The molecule has 1 saturated carbocycles. The topological polar surface area (TPSA) is 67.1 Å². The van der Waals surface area contributed by atoms with Crippen molar-refractivity contribution in [3.63, 3.8) is 0 Å². The average Bonchev–Trinajstić information content (AvgIpc) is 2.93. The summed E-state index contributed by atoms with van der Waals surface area (Å²) in [5.41, 5.74) is 2.14. The number of aryl methyl sites for hydroxylation is 1. The van der Waals surface area contributed by atoms with Crippen LogP contribution in [0.25, 0.3) is 5.65 Å². The van der Waals surface area contributed by atoms with E-state index in [2.05, 4.69) is 9.88 Å². The van der Waals surface area contributed by atoms with Crippen molar-refractivity contribution in [1.82, 2.24) is 14.3 Å². The van der Waals surface area contributed by atoms with Crippen LogP contribution in [0.15, 0.2) is 29.1 Å². The Morgan fingerprint density at radius 2 is 2.24 bits per heavy atom. The van der Waals surface area contributed by atoms with Gasteiger partial charge in [-0.1, -0.05) is 6.07 Å². The van der Waals surface area contributed by atoms with E-state index in [0.29, 0.717) is 12.2 Å². The third-order valence-corrected chi connectivity index (χ3v) is 5.97. The fourth-order valence-electron chi connectivity index (χ4n) is 4.61. The summed E-state index contributed by atoms with van der Waals surface area (Å²) in [6.07, 6.45) is 3.10. The number of pyridine rings is 1. The number of methoxy groups -OCH3 is 1. The zero-order valence-corrected chi connectivity index (χ0v) is 14.8. The first-order valence-corrected chi connectivity index (χ1v) is 8.98. The normalized spacial score (nSPS) is 29.9. The van der Waals surface area contributed by atoms with E-state index in [0.717, 1.165) is 43.6 Å². The van der Waals surface area contributed by atoms with Crippen LogP contribution in [0.5, 0.6) is 0 Å². The van der Waals surface area contributed by atoms with Gasteiger partial charge < -0.3 is 9.84 Å². The highest BCUT2D eigenvalue weighted by atomic mass is 16.5. The van der Waals surface area contributed by atoms with Crippen molar-refractivity contribution < 1.29 is 9.84 Å². The van der Waals surface area contributed by atoms with Crippen molar-refractivity contribution >= 4 is 5.65 Å². The first-order valence-electron chi connectivity index (χ1n) is 8.98. The molecule has 0 amide bonds. The zero-order chi connectivity index (χ0) is 17.6. The first-order chi connectivity index (χ1) is 12.0. The second-order valence-corrected chi connectivity index (χ2v) is 7.38. The van der Waals surface area contributed by atoms with Crippen LogP contribution in [-0.2, 0) is 11.3 Å². The molecule has 2 aromatic rings. The molecule has 0 unspecified atom stereocenters. The molecule has 0 aromatic carbocycles. The molecule has 3 heterocycles. The van der Waals surface area contributed by atoms with E-state index in [-0.39, 0.29) is 23.3 Å². The van der Waals surface area contributed by atoms with Crippen LogP contribution in [0.1, 0.15) is 37.1 Å². The number of fused-ring (bicyclic) bond motifs is 2. The summed E-state index contributed by atoms with van der Waals surface area (Å²) in [4.78, 5) is 19.5. The Morgan fingerprint density at radius 3 is 3.04 bits per heavy atom. The quantitative estimate of drug-likeness (QED) is 0.915. The third kappa shape index (κ3) is 2.78. The van der Waals surface area contributed by atoms with E-state index in [4.69, 9.17) is 4.74 Å². The van der Waals surface area contributed by atoms with E-state index in [1.54, 1.807) is 17.6 Å². The van der Waals surface area contributed by atoms with Gasteiger partial charge in [-0.2, -0.15) is 0 Å². The number of nitrogens with zero attached hydrogens (tertiary/aromatic N) is 3. The molecule has 0 radical (unpaired) electrons. The van der Waals surface area contributed by atoms with E-state index in [1.165, 1.54) is 0 Å². The summed E-state index contributed by atoms with van der Waals surface area (Å²) in [5.74, 6) is 0. The fraction of sp³-hybridized carbons (Fsp3) is 0.579. The monoisotopic (exact) mass is 343 g/mol.